The molecule has 0 fully saturated rings. The van der Waals surface area contributed by atoms with E-state index in [4.69, 9.17) is 4.74 Å². The van der Waals surface area contributed by atoms with E-state index in [1.54, 1.807) is 0 Å². The van der Waals surface area contributed by atoms with Gasteiger partial charge < -0.3 is 10.1 Å². The zero-order chi connectivity index (χ0) is 11.3. The summed E-state index contributed by atoms with van der Waals surface area (Å²) in [5.41, 5.74) is 3.05. The van der Waals surface area contributed by atoms with Gasteiger partial charge in [-0.05, 0) is 38.0 Å². The third kappa shape index (κ3) is 3.72. The van der Waals surface area contributed by atoms with Gasteiger partial charge in [-0.2, -0.15) is 0 Å². The van der Waals surface area contributed by atoms with Gasteiger partial charge in [-0.25, -0.2) is 0 Å². The van der Waals surface area contributed by atoms with Gasteiger partial charge in [-0.15, -0.1) is 0 Å². The number of rotatable bonds is 4. The lowest BCUT2D eigenvalue weighted by molar-refractivity contribution is -0.120. The zero-order valence-corrected chi connectivity index (χ0v) is 9.46. The van der Waals surface area contributed by atoms with Crippen LogP contribution in [0.15, 0.2) is 18.2 Å². The largest absolute Gasteiger partial charge is 0.372 e. The van der Waals surface area contributed by atoms with Crippen molar-refractivity contribution in [1.29, 1.82) is 0 Å². The third-order valence-electron chi connectivity index (χ3n) is 2.10. The van der Waals surface area contributed by atoms with Gasteiger partial charge in [0.15, 0.2) is 0 Å². The molecule has 3 heteroatoms. The topological polar surface area (TPSA) is 38.3 Å². The summed E-state index contributed by atoms with van der Waals surface area (Å²) < 4.78 is 5.03. The standard InChI is InChI=1S/C12H17NO2/c1-4-15-8-12(14)13-11-7-9(2)5-6-10(11)3/h5-7H,4,8H2,1-3H3,(H,13,14). The Hall–Kier alpha value is -1.35. The minimum absolute atomic E-state index is 0.106. The molecule has 1 N–H and O–H groups in total. The molecule has 0 aromatic heterocycles. The Labute approximate surface area is 90.4 Å². The fourth-order valence-corrected chi connectivity index (χ4v) is 1.25. The van der Waals surface area contributed by atoms with Gasteiger partial charge in [-0.3, -0.25) is 4.79 Å². The van der Waals surface area contributed by atoms with Crippen LogP contribution < -0.4 is 5.32 Å². The highest BCUT2D eigenvalue weighted by molar-refractivity contribution is 5.92. The number of carbonyl (C=O) groups excluding carboxylic acids is 1. The monoisotopic (exact) mass is 207 g/mol. The second-order valence-electron chi connectivity index (χ2n) is 3.50. The third-order valence-corrected chi connectivity index (χ3v) is 2.10. The van der Waals surface area contributed by atoms with E-state index in [-0.39, 0.29) is 12.5 Å². The molecule has 82 valence electrons. The number of ether oxygens (including phenoxy) is 1. The summed E-state index contributed by atoms with van der Waals surface area (Å²) in [5.74, 6) is -0.106. The SMILES string of the molecule is CCOCC(=O)Nc1cc(C)ccc1C. The number of hydrogen-bond acceptors (Lipinski definition) is 2. The zero-order valence-electron chi connectivity index (χ0n) is 9.46. The van der Waals surface area contributed by atoms with E-state index in [9.17, 15) is 4.79 Å². The van der Waals surface area contributed by atoms with E-state index < -0.39 is 0 Å². The van der Waals surface area contributed by atoms with Crippen molar-refractivity contribution in [2.24, 2.45) is 0 Å². The molecule has 1 amide bonds. The van der Waals surface area contributed by atoms with Crippen LogP contribution in [0.25, 0.3) is 0 Å². The average Bonchev–Trinajstić information content (AvgIpc) is 2.20. The van der Waals surface area contributed by atoms with Crippen LogP contribution in [-0.2, 0) is 9.53 Å². The maximum atomic E-state index is 11.4. The Kier molecular flexibility index (Phi) is 4.31. The van der Waals surface area contributed by atoms with Crippen molar-refractivity contribution in [3.05, 3.63) is 29.3 Å². The van der Waals surface area contributed by atoms with Crippen molar-refractivity contribution < 1.29 is 9.53 Å². The van der Waals surface area contributed by atoms with Crippen molar-refractivity contribution in [1.82, 2.24) is 0 Å². The van der Waals surface area contributed by atoms with Crippen LogP contribution in [0, 0.1) is 13.8 Å². The molecule has 3 nitrogen and oxygen atoms in total. The van der Waals surface area contributed by atoms with E-state index in [1.807, 2.05) is 39.0 Å². The van der Waals surface area contributed by atoms with E-state index in [0.29, 0.717) is 6.61 Å². The normalized spacial score (nSPS) is 10.1. The van der Waals surface area contributed by atoms with E-state index in [0.717, 1.165) is 16.8 Å². The van der Waals surface area contributed by atoms with E-state index in [2.05, 4.69) is 5.32 Å². The summed E-state index contributed by atoms with van der Waals surface area (Å²) >= 11 is 0. The number of anilines is 1. The van der Waals surface area contributed by atoms with Crippen LogP contribution >= 0.6 is 0 Å². The number of aryl methyl sites for hydroxylation is 2. The molecule has 0 spiro atoms. The molecule has 1 aromatic rings. The Balaban J connectivity index is 2.63. The van der Waals surface area contributed by atoms with Crippen molar-refractivity contribution in [3.63, 3.8) is 0 Å². The van der Waals surface area contributed by atoms with Crippen molar-refractivity contribution in [2.45, 2.75) is 20.8 Å². The van der Waals surface area contributed by atoms with Gasteiger partial charge in [-0.1, -0.05) is 12.1 Å². The maximum absolute atomic E-state index is 11.4. The number of hydrogen-bond donors (Lipinski definition) is 1. The number of carbonyl (C=O) groups is 1. The summed E-state index contributed by atoms with van der Waals surface area (Å²) in [6, 6.07) is 5.97. The molecule has 15 heavy (non-hydrogen) atoms. The van der Waals surface area contributed by atoms with Crippen LogP contribution in [0.2, 0.25) is 0 Å². The highest BCUT2D eigenvalue weighted by Gasteiger charge is 2.04. The minimum Gasteiger partial charge on any atom is -0.372 e. The predicted octanol–water partition coefficient (Wildman–Crippen LogP) is 2.28. The van der Waals surface area contributed by atoms with Gasteiger partial charge in [0, 0.05) is 12.3 Å². The molecule has 0 aliphatic heterocycles. The quantitative estimate of drug-likeness (QED) is 0.822. The minimum atomic E-state index is -0.106. The lowest BCUT2D eigenvalue weighted by atomic mass is 10.1. The summed E-state index contributed by atoms with van der Waals surface area (Å²) in [6.07, 6.45) is 0. The van der Waals surface area contributed by atoms with Gasteiger partial charge >= 0.3 is 0 Å². The molecule has 0 radical (unpaired) electrons. The van der Waals surface area contributed by atoms with Gasteiger partial charge in [0.05, 0.1) is 0 Å². The van der Waals surface area contributed by atoms with Gasteiger partial charge in [0.2, 0.25) is 5.91 Å². The van der Waals surface area contributed by atoms with Crippen LogP contribution in [0.5, 0.6) is 0 Å². The fraction of sp³-hybridized carbons (Fsp3) is 0.417. The number of amides is 1. The maximum Gasteiger partial charge on any atom is 0.250 e. The molecule has 0 saturated heterocycles. The van der Waals surface area contributed by atoms with Crippen LogP contribution in [0.4, 0.5) is 5.69 Å². The van der Waals surface area contributed by atoms with Gasteiger partial charge in [0.1, 0.15) is 6.61 Å². The summed E-state index contributed by atoms with van der Waals surface area (Å²) in [4.78, 5) is 11.4. The predicted molar refractivity (Wildman–Crippen MR) is 61.0 cm³/mol. The smallest absolute Gasteiger partial charge is 0.250 e. The molecular formula is C12H17NO2. The van der Waals surface area contributed by atoms with Crippen molar-refractivity contribution in [2.75, 3.05) is 18.5 Å². The van der Waals surface area contributed by atoms with Crippen LogP contribution in [0.3, 0.4) is 0 Å². The van der Waals surface area contributed by atoms with Gasteiger partial charge in [0.25, 0.3) is 0 Å². The van der Waals surface area contributed by atoms with Crippen molar-refractivity contribution in [3.8, 4) is 0 Å². The number of benzene rings is 1. The summed E-state index contributed by atoms with van der Waals surface area (Å²) in [5, 5.41) is 2.82. The first-order chi connectivity index (χ1) is 7.13. The number of nitrogens with one attached hydrogen (secondary N) is 1. The summed E-state index contributed by atoms with van der Waals surface area (Å²) in [6.45, 7) is 6.50. The molecule has 1 aromatic carbocycles. The average molecular weight is 207 g/mol. The Morgan fingerprint density at radius 3 is 2.80 bits per heavy atom. The first kappa shape index (κ1) is 11.7. The lowest BCUT2D eigenvalue weighted by Gasteiger charge is -2.09. The van der Waals surface area contributed by atoms with Crippen LogP contribution in [-0.4, -0.2) is 19.1 Å². The molecule has 0 atom stereocenters. The molecule has 0 aliphatic carbocycles. The highest BCUT2D eigenvalue weighted by atomic mass is 16.5. The fourth-order valence-electron chi connectivity index (χ4n) is 1.25. The van der Waals surface area contributed by atoms with E-state index in [1.165, 1.54) is 0 Å². The van der Waals surface area contributed by atoms with Crippen molar-refractivity contribution >= 4 is 11.6 Å². The molecule has 1 rings (SSSR count). The second kappa shape index (κ2) is 5.51. The highest BCUT2D eigenvalue weighted by Crippen LogP contribution is 2.15. The second-order valence-corrected chi connectivity index (χ2v) is 3.50. The first-order valence-corrected chi connectivity index (χ1v) is 5.08. The molecule has 0 unspecified atom stereocenters. The molecule has 0 bridgehead atoms. The summed E-state index contributed by atoms with van der Waals surface area (Å²) in [7, 11) is 0. The van der Waals surface area contributed by atoms with E-state index >= 15 is 0 Å². The molecule has 0 heterocycles. The Morgan fingerprint density at radius 1 is 1.40 bits per heavy atom. The molecule has 0 saturated carbocycles. The molecular weight excluding hydrogens is 190 g/mol. The Bertz CT molecular complexity index is 347. The van der Waals surface area contributed by atoms with Crippen LogP contribution in [0.1, 0.15) is 18.1 Å². The Morgan fingerprint density at radius 2 is 2.13 bits per heavy atom. The molecule has 0 aliphatic rings. The lowest BCUT2D eigenvalue weighted by Crippen LogP contribution is -2.18. The first-order valence-electron chi connectivity index (χ1n) is 5.08.